The Hall–Kier alpha value is -11.4. The van der Waals surface area contributed by atoms with Crippen LogP contribution in [0, 0.1) is 11.8 Å². The molecule has 6 aliphatic rings. The Bertz CT molecular complexity index is 5200. The zero-order valence-corrected chi connectivity index (χ0v) is 81.3. The van der Waals surface area contributed by atoms with E-state index in [0.717, 1.165) is 52.4 Å². The molecule has 0 radical (unpaired) electrons. The molecule has 2 aliphatic carbocycles. The lowest BCUT2D eigenvalue weighted by atomic mass is 9.72. The Balaban J connectivity index is 0.000000268. The van der Waals surface area contributed by atoms with Gasteiger partial charge in [-0.1, -0.05) is 92.7 Å². The molecule has 6 aromatic rings. The molecule has 41 nitrogen and oxygen atoms in total. The number of primary amides is 1. The molecule has 3 saturated heterocycles. The molecule has 9 N–H and O–H groups in total. The standard InChI is InChI=1S/C52H80N8O12.C47H54N4O17/c1-39(2)49(46(62)37-40(3)11-10-20-55-52(53)65)56-47(63)19-24-67-28-32-71-36-35-70-31-27-66-23-18-42(61)13-9-17-48(64)59-38-41-12-5-6-14-43(41)51-50(44-15-7-8-16-45(44)59)57-58-60(51)22-26-69-30-34-72-33-29-68-25-21-54-4;1-23-42-29(51-16-17-63-44(62-6)43(51)68-42)18-33(66-23)67-31-20-47(60,19-28-35(31)41(57)37-36(39(28)55)38(54)27-8-7-9-30(61-5)34(27)40(37)56)32(53)22-65-46(59)50(4)15-14-49(3)45(58)64-21-25-10-12-26(13-11-25)48-24(2)52/h5-8,12,14-16,39-40,49,54H,9-11,13,17-38H2,1-4H3,(H,56,63)(H3,53,55,65);7-13,23,29,31,33,42-44,55,57,60H,14-22H2,1-6H3,(H,48,52)/t40-,49+;23-,29-,31-,33?,42+,43+,44-,47-/m10/s1. The lowest BCUT2D eigenvalue weighted by Gasteiger charge is -2.43. The topological polar surface area (TPSA) is 505 Å². The van der Waals surface area contributed by atoms with E-state index >= 15 is 0 Å². The highest BCUT2D eigenvalue weighted by Gasteiger charge is 2.56. The number of morpholine rings is 1. The summed E-state index contributed by atoms with van der Waals surface area (Å²) in [7, 11) is 7.58. The number of carbonyl (C=O) groups is 11. The summed E-state index contributed by atoms with van der Waals surface area (Å²) in [4.78, 5) is 149. The van der Waals surface area contributed by atoms with E-state index in [1.807, 2.05) is 81.0 Å². The summed E-state index contributed by atoms with van der Waals surface area (Å²) < 4.78 is 87.7. The van der Waals surface area contributed by atoms with Gasteiger partial charge in [0.2, 0.25) is 29.3 Å². The van der Waals surface area contributed by atoms with Gasteiger partial charge in [-0.3, -0.25) is 43.3 Å². The SMILES string of the molecule is CNCCOCCOCCOCCn1nnc2c1-c1ccccc1CN(C(=O)CCCC(=O)CCOCCOCCOCCOCCC(=O)N[C@H](C(=O)C[C@H](C)CCCNC(N)=O)C(C)C)c1ccccc1-2.COc1cccc2c1C(=O)c1c(O)c3c(c(O)c1C2=O)C[C@@](O)(C(=O)COC(=O)N(C)CCN(C)C(=O)OCc1ccc(NC(C)=O)cc1)C[C@@H]3OC1C[C@H]2[C@H](O[C@@H]3[C@@H](OC)OCCN32)[C@H](C)O1. The van der Waals surface area contributed by atoms with Crippen LogP contribution in [0.5, 0.6) is 17.2 Å². The highest BCUT2D eigenvalue weighted by molar-refractivity contribution is 6.31. The summed E-state index contributed by atoms with van der Waals surface area (Å²) in [6, 6.07) is 25.4. The number of hydrogen-bond acceptors (Lipinski definition) is 33. The van der Waals surface area contributed by atoms with Crippen molar-refractivity contribution in [1.82, 2.24) is 45.6 Å². The number of amides is 7. The Morgan fingerprint density at radius 1 is 0.686 bits per heavy atom. The molecular weight excluding hydrogens is 1820 g/mol. The van der Waals surface area contributed by atoms with Gasteiger partial charge in [-0.05, 0) is 80.5 Å². The fraction of sp³-hybridized carbons (Fsp3) is 0.566. The maximum absolute atomic E-state index is 14.2. The number of aromatic hydroxyl groups is 2. The number of likely N-dealkylation sites (N-methyl/N-ethyl adjacent to an activating group) is 3. The number of aliphatic hydroxyl groups is 1. The van der Waals surface area contributed by atoms with Gasteiger partial charge in [-0.2, -0.15) is 0 Å². The number of Topliss-reactive ketones (excluding diaryl/α,β-unsaturated/α-hetero) is 3. The Morgan fingerprint density at radius 2 is 1.31 bits per heavy atom. The summed E-state index contributed by atoms with van der Waals surface area (Å²) in [5, 5.41) is 56.6. The highest BCUT2D eigenvalue weighted by Crippen LogP contribution is 2.54. The van der Waals surface area contributed by atoms with E-state index in [1.165, 1.54) is 58.3 Å². The van der Waals surface area contributed by atoms with Gasteiger partial charge in [0.15, 0.2) is 37.0 Å². The molecule has 7 amide bonds. The molecule has 0 saturated carbocycles. The number of ether oxygens (including phenoxy) is 15. The molecule has 1 unspecified atom stereocenters. The molecule has 140 heavy (non-hydrogen) atoms. The number of rotatable bonds is 53. The maximum atomic E-state index is 14.2. The molecular formula is C99H134N12O29. The second kappa shape index (κ2) is 54.0. The summed E-state index contributed by atoms with van der Waals surface area (Å²) in [6.07, 6.45) is -4.20. The number of nitrogens with two attached hydrogens (primary N) is 1. The summed E-state index contributed by atoms with van der Waals surface area (Å²) in [5.41, 5.74) is 7.33. The fourth-order valence-corrected chi connectivity index (χ4v) is 17.5. The first-order valence-electron chi connectivity index (χ1n) is 47.5. The predicted molar refractivity (Wildman–Crippen MR) is 506 cm³/mol. The number of methoxy groups -OCH3 is 2. The molecule has 5 heterocycles. The molecule has 10 atom stereocenters. The number of phenolic OH excluding ortho intramolecular Hbond substituents is 2. The Labute approximate surface area is 813 Å². The average molecular weight is 1960 g/mol. The van der Waals surface area contributed by atoms with Crippen molar-refractivity contribution >= 4 is 76.2 Å². The van der Waals surface area contributed by atoms with Crippen LogP contribution in [0.3, 0.4) is 0 Å². The summed E-state index contributed by atoms with van der Waals surface area (Å²) in [5.74, 6) is -4.44. The number of benzene rings is 5. The minimum atomic E-state index is -2.42. The van der Waals surface area contributed by atoms with Crippen molar-refractivity contribution in [2.24, 2.45) is 17.6 Å². The van der Waals surface area contributed by atoms with Gasteiger partial charge in [0.1, 0.15) is 47.0 Å². The van der Waals surface area contributed by atoms with Gasteiger partial charge in [0.05, 0.1) is 166 Å². The van der Waals surface area contributed by atoms with E-state index < -0.39 is 126 Å². The van der Waals surface area contributed by atoms with Crippen LogP contribution < -0.4 is 36.6 Å². The van der Waals surface area contributed by atoms with Crippen molar-refractivity contribution in [2.75, 3.05) is 184 Å². The van der Waals surface area contributed by atoms with Crippen LogP contribution in [0.2, 0.25) is 0 Å². The molecule has 1 aromatic heterocycles. The van der Waals surface area contributed by atoms with Crippen LogP contribution in [-0.2, 0) is 121 Å². The number of para-hydroxylation sites is 1. The molecule has 5 aromatic carbocycles. The summed E-state index contributed by atoms with van der Waals surface area (Å²) >= 11 is 0. The molecule has 0 bridgehead atoms. The zero-order chi connectivity index (χ0) is 101. The number of anilines is 2. The normalized spacial score (nSPS) is 19.3. The van der Waals surface area contributed by atoms with Crippen LogP contribution >= 0.6 is 0 Å². The van der Waals surface area contributed by atoms with Crippen molar-refractivity contribution in [2.45, 2.75) is 180 Å². The summed E-state index contributed by atoms with van der Waals surface area (Å²) in [6.45, 7) is 16.5. The van der Waals surface area contributed by atoms with Gasteiger partial charge in [0, 0.05) is 152 Å². The van der Waals surface area contributed by atoms with Crippen LogP contribution in [-0.4, -0.2) is 332 Å². The molecule has 3 fully saturated rings. The zero-order valence-electron chi connectivity index (χ0n) is 81.3. The Kier molecular flexibility index (Phi) is 42.1. The van der Waals surface area contributed by atoms with E-state index in [1.54, 1.807) is 36.1 Å². The van der Waals surface area contributed by atoms with E-state index in [-0.39, 0.29) is 140 Å². The number of phenols is 2. The van der Waals surface area contributed by atoms with Gasteiger partial charge < -0.3 is 128 Å². The monoisotopic (exact) mass is 1950 g/mol. The van der Waals surface area contributed by atoms with E-state index in [4.69, 9.17) is 76.8 Å². The second-order valence-electron chi connectivity index (χ2n) is 35.4. The molecule has 12 rings (SSSR count). The van der Waals surface area contributed by atoms with Gasteiger partial charge in [0.25, 0.3) is 0 Å². The number of nitrogens with one attached hydrogen (secondary N) is 4. The number of ketones is 5. The Morgan fingerprint density at radius 3 is 1.97 bits per heavy atom. The lowest BCUT2D eigenvalue weighted by Crippen LogP contribution is -2.55. The number of nitrogens with zero attached hydrogens (tertiary/aromatic N) is 7. The number of carbonyl (C=O) groups excluding carboxylic acids is 11. The number of aromatic nitrogens is 3. The van der Waals surface area contributed by atoms with Crippen molar-refractivity contribution in [3.63, 3.8) is 0 Å². The van der Waals surface area contributed by atoms with Crippen LogP contribution in [0.25, 0.3) is 22.5 Å². The predicted octanol–water partition coefficient (Wildman–Crippen LogP) is 7.51. The first-order chi connectivity index (χ1) is 67.4. The smallest absolute Gasteiger partial charge is 0.409 e. The molecule has 4 aliphatic heterocycles. The van der Waals surface area contributed by atoms with Gasteiger partial charge in [-0.15, -0.1) is 5.10 Å². The largest absolute Gasteiger partial charge is 0.507 e. The minimum absolute atomic E-state index is 0.0117. The molecule has 41 heteroatoms. The maximum Gasteiger partial charge on any atom is 0.409 e. The number of hydrogen-bond donors (Lipinski definition) is 8. The van der Waals surface area contributed by atoms with E-state index in [0.29, 0.717) is 142 Å². The molecule has 764 valence electrons. The third kappa shape index (κ3) is 29.6. The first kappa shape index (κ1) is 109. The minimum Gasteiger partial charge on any atom is -0.507 e. The van der Waals surface area contributed by atoms with Crippen molar-refractivity contribution in [1.29, 1.82) is 0 Å². The lowest BCUT2D eigenvalue weighted by molar-refractivity contribution is -0.256. The third-order valence-corrected chi connectivity index (χ3v) is 24.8. The third-order valence-electron chi connectivity index (χ3n) is 24.8. The van der Waals surface area contributed by atoms with Crippen LogP contribution in [0.15, 0.2) is 91.0 Å². The fourth-order valence-electron chi connectivity index (χ4n) is 17.5. The van der Waals surface area contributed by atoms with Crippen molar-refractivity contribution in [3.8, 4) is 39.8 Å². The number of fused-ring (bicyclic) bond motifs is 11. The van der Waals surface area contributed by atoms with Crippen LogP contribution in [0.1, 0.15) is 159 Å². The van der Waals surface area contributed by atoms with Crippen molar-refractivity contribution in [3.05, 3.63) is 136 Å². The average Bonchev–Trinajstić information content (AvgIpc) is 0.846. The van der Waals surface area contributed by atoms with E-state index in [9.17, 15) is 68.1 Å². The van der Waals surface area contributed by atoms with E-state index in [2.05, 4.69) is 36.5 Å². The van der Waals surface area contributed by atoms with Crippen LogP contribution in [0.4, 0.5) is 25.8 Å². The first-order valence-corrected chi connectivity index (χ1v) is 47.5. The number of urea groups is 1. The second-order valence-corrected chi connectivity index (χ2v) is 35.4. The van der Waals surface area contributed by atoms with Gasteiger partial charge in [-0.25, -0.2) is 19.1 Å². The van der Waals surface area contributed by atoms with Gasteiger partial charge >= 0.3 is 18.2 Å². The quantitative estimate of drug-likeness (QED) is 0.0135. The molecule has 0 spiro atoms. The highest BCUT2D eigenvalue weighted by atomic mass is 16.7. The van der Waals surface area contributed by atoms with Crippen molar-refractivity contribution < 1.29 is 139 Å².